The number of methoxy groups -OCH3 is 1. The van der Waals surface area contributed by atoms with Gasteiger partial charge in [0.15, 0.2) is 0 Å². The zero-order valence-corrected chi connectivity index (χ0v) is 9.59. The lowest BCUT2D eigenvalue weighted by Crippen LogP contribution is -2.14. The van der Waals surface area contributed by atoms with Crippen molar-refractivity contribution < 1.29 is 9.53 Å². The Labute approximate surface area is 86.3 Å². The van der Waals surface area contributed by atoms with E-state index in [2.05, 4.69) is 20.8 Å². The maximum atomic E-state index is 11.2. The topological polar surface area (TPSA) is 26.3 Å². The maximum Gasteiger partial charge on any atom is 0.306 e. The second-order valence-corrected chi connectivity index (χ2v) is 4.43. The summed E-state index contributed by atoms with van der Waals surface area (Å²) in [5.74, 6) is 0.967. The SMILES string of the molecule is COC(=O)C[C@@H]1C(=C(C)C)CC[C@@H]1C. The zero-order chi connectivity index (χ0) is 10.7. The minimum absolute atomic E-state index is 0.0810. The number of esters is 1. The predicted octanol–water partition coefficient (Wildman–Crippen LogP) is 2.93. The molecule has 0 bridgehead atoms. The molecule has 1 saturated carbocycles. The lowest BCUT2D eigenvalue weighted by molar-refractivity contribution is -0.141. The van der Waals surface area contributed by atoms with E-state index < -0.39 is 0 Å². The first-order valence-electron chi connectivity index (χ1n) is 5.29. The molecule has 0 aromatic rings. The van der Waals surface area contributed by atoms with Crippen LogP contribution in [0.1, 0.15) is 40.0 Å². The fourth-order valence-corrected chi connectivity index (χ4v) is 2.32. The highest BCUT2D eigenvalue weighted by Gasteiger charge is 2.30. The van der Waals surface area contributed by atoms with Gasteiger partial charge in [0.25, 0.3) is 0 Å². The Hall–Kier alpha value is -0.790. The number of ether oxygens (including phenoxy) is 1. The van der Waals surface area contributed by atoms with Gasteiger partial charge >= 0.3 is 5.97 Å². The zero-order valence-electron chi connectivity index (χ0n) is 9.59. The van der Waals surface area contributed by atoms with Crippen LogP contribution in [0.3, 0.4) is 0 Å². The van der Waals surface area contributed by atoms with E-state index >= 15 is 0 Å². The monoisotopic (exact) mass is 196 g/mol. The first-order valence-corrected chi connectivity index (χ1v) is 5.29. The Bertz CT molecular complexity index is 249. The molecule has 1 aliphatic carbocycles. The molecule has 2 heteroatoms. The third kappa shape index (κ3) is 2.37. The summed E-state index contributed by atoms with van der Waals surface area (Å²) in [7, 11) is 1.46. The molecule has 0 aliphatic heterocycles. The summed E-state index contributed by atoms with van der Waals surface area (Å²) in [5.41, 5.74) is 2.85. The summed E-state index contributed by atoms with van der Waals surface area (Å²) < 4.78 is 4.73. The van der Waals surface area contributed by atoms with E-state index in [9.17, 15) is 4.79 Å². The normalized spacial score (nSPS) is 26.4. The van der Waals surface area contributed by atoms with E-state index in [0.29, 0.717) is 18.3 Å². The molecule has 1 aliphatic rings. The fourth-order valence-electron chi connectivity index (χ4n) is 2.32. The average Bonchev–Trinajstić information content (AvgIpc) is 2.48. The predicted molar refractivity (Wildman–Crippen MR) is 56.9 cm³/mol. The van der Waals surface area contributed by atoms with Crippen molar-refractivity contribution in [2.75, 3.05) is 7.11 Å². The molecule has 2 atom stereocenters. The van der Waals surface area contributed by atoms with Crippen LogP contribution in [0.4, 0.5) is 0 Å². The molecule has 0 amide bonds. The van der Waals surface area contributed by atoms with Gasteiger partial charge in [0.1, 0.15) is 0 Å². The Morgan fingerprint density at radius 3 is 2.64 bits per heavy atom. The van der Waals surface area contributed by atoms with Crippen molar-refractivity contribution in [2.24, 2.45) is 11.8 Å². The lowest BCUT2D eigenvalue weighted by Gasteiger charge is -2.16. The molecule has 0 spiro atoms. The summed E-state index contributed by atoms with van der Waals surface area (Å²) in [6, 6.07) is 0. The van der Waals surface area contributed by atoms with Crippen LogP contribution in [-0.4, -0.2) is 13.1 Å². The summed E-state index contributed by atoms with van der Waals surface area (Å²) in [6.07, 6.45) is 2.92. The number of carbonyl (C=O) groups is 1. The second kappa shape index (κ2) is 4.63. The Morgan fingerprint density at radius 2 is 2.14 bits per heavy atom. The molecule has 0 unspecified atom stereocenters. The third-order valence-electron chi connectivity index (χ3n) is 3.26. The van der Waals surface area contributed by atoms with Gasteiger partial charge in [-0.25, -0.2) is 0 Å². The Kier molecular flexibility index (Phi) is 3.73. The minimum Gasteiger partial charge on any atom is -0.469 e. The summed E-state index contributed by atoms with van der Waals surface area (Å²) in [6.45, 7) is 6.50. The van der Waals surface area contributed by atoms with Gasteiger partial charge in [0.2, 0.25) is 0 Å². The summed E-state index contributed by atoms with van der Waals surface area (Å²) >= 11 is 0. The van der Waals surface area contributed by atoms with Crippen LogP contribution in [0.15, 0.2) is 11.1 Å². The highest BCUT2D eigenvalue weighted by molar-refractivity contribution is 5.70. The van der Waals surface area contributed by atoms with Crippen molar-refractivity contribution >= 4 is 5.97 Å². The summed E-state index contributed by atoms with van der Waals surface area (Å²) in [5, 5.41) is 0. The van der Waals surface area contributed by atoms with Crippen LogP contribution >= 0.6 is 0 Å². The standard InChI is InChI=1S/C12H20O2/c1-8(2)10-6-5-9(3)11(10)7-12(13)14-4/h9,11H,5-7H2,1-4H3/t9-,11-/m0/s1. The number of hydrogen-bond donors (Lipinski definition) is 0. The van der Waals surface area contributed by atoms with Gasteiger partial charge in [-0.3, -0.25) is 4.79 Å². The van der Waals surface area contributed by atoms with E-state index in [-0.39, 0.29) is 5.97 Å². The van der Waals surface area contributed by atoms with Gasteiger partial charge in [-0.05, 0) is 38.5 Å². The fraction of sp³-hybridized carbons (Fsp3) is 0.750. The molecule has 0 N–H and O–H groups in total. The number of hydrogen-bond acceptors (Lipinski definition) is 2. The van der Waals surface area contributed by atoms with Crippen LogP contribution in [0.2, 0.25) is 0 Å². The van der Waals surface area contributed by atoms with Crippen LogP contribution in [0, 0.1) is 11.8 Å². The first-order chi connectivity index (χ1) is 6.56. The van der Waals surface area contributed by atoms with E-state index in [0.717, 1.165) is 6.42 Å². The molecule has 0 aromatic heterocycles. The quantitative estimate of drug-likeness (QED) is 0.501. The Balaban J connectivity index is 2.73. The van der Waals surface area contributed by atoms with Crippen molar-refractivity contribution in [2.45, 2.75) is 40.0 Å². The molecule has 0 radical (unpaired) electrons. The van der Waals surface area contributed by atoms with Crippen molar-refractivity contribution in [1.82, 2.24) is 0 Å². The van der Waals surface area contributed by atoms with Crippen molar-refractivity contribution in [3.63, 3.8) is 0 Å². The van der Waals surface area contributed by atoms with E-state index in [1.54, 1.807) is 0 Å². The molecule has 1 rings (SSSR count). The van der Waals surface area contributed by atoms with E-state index in [1.807, 2.05) is 0 Å². The molecule has 80 valence electrons. The van der Waals surface area contributed by atoms with Gasteiger partial charge in [0, 0.05) is 0 Å². The molecule has 14 heavy (non-hydrogen) atoms. The average molecular weight is 196 g/mol. The highest BCUT2D eigenvalue weighted by atomic mass is 16.5. The molecule has 2 nitrogen and oxygen atoms in total. The van der Waals surface area contributed by atoms with Gasteiger partial charge < -0.3 is 4.74 Å². The number of rotatable bonds is 2. The van der Waals surface area contributed by atoms with Crippen LogP contribution in [-0.2, 0) is 9.53 Å². The Morgan fingerprint density at radius 1 is 1.50 bits per heavy atom. The third-order valence-corrected chi connectivity index (χ3v) is 3.26. The van der Waals surface area contributed by atoms with Gasteiger partial charge in [0.05, 0.1) is 13.5 Å². The smallest absolute Gasteiger partial charge is 0.306 e. The number of carbonyl (C=O) groups excluding carboxylic acids is 1. The molecule has 0 saturated heterocycles. The lowest BCUT2D eigenvalue weighted by atomic mass is 9.89. The molecule has 0 heterocycles. The van der Waals surface area contributed by atoms with Crippen LogP contribution < -0.4 is 0 Å². The van der Waals surface area contributed by atoms with Gasteiger partial charge in [-0.2, -0.15) is 0 Å². The van der Waals surface area contributed by atoms with Crippen molar-refractivity contribution in [3.05, 3.63) is 11.1 Å². The van der Waals surface area contributed by atoms with Crippen LogP contribution in [0.25, 0.3) is 0 Å². The van der Waals surface area contributed by atoms with E-state index in [1.165, 1.54) is 24.7 Å². The largest absolute Gasteiger partial charge is 0.469 e. The highest BCUT2D eigenvalue weighted by Crippen LogP contribution is 2.40. The van der Waals surface area contributed by atoms with Gasteiger partial charge in [-0.15, -0.1) is 0 Å². The molecular weight excluding hydrogens is 176 g/mol. The van der Waals surface area contributed by atoms with Crippen molar-refractivity contribution in [3.8, 4) is 0 Å². The van der Waals surface area contributed by atoms with E-state index in [4.69, 9.17) is 4.74 Å². The summed E-state index contributed by atoms with van der Waals surface area (Å²) in [4.78, 5) is 11.2. The second-order valence-electron chi connectivity index (χ2n) is 4.43. The van der Waals surface area contributed by atoms with Crippen molar-refractivity contribution in [1.29, 1.82) is 0 Å². The first kappa shape index (κ1) is 11.3. The maximum absolute atomic E-state index is 11.2. The molecule has 1 fully saturated rings. The van der Waals surface area contributed by atoms with Gasteiger partial charge in [-0.1, -0.05) is 18.1 Å². The molecular formula is C12H20O2. The molecule has 0 aromatic carbocycles. The number of allylic oxidation sites excluding steroid dienone is 2. The minimum atomic E-state index is -0.0810. The van der Waals surface area contributed by atoms with Crippen LogP contribution in [0.5, 0.6) is 0 Å².